The predicted octanol–water partition coefficient (Wildman–Crippen LogP) is 1.49. The van der Waals surface area contributed by atoms with Crippen LogP contribution in [0.4, 0.5) is 4.39 Å². The fraction of sp³-hybridized carbons (Fsp3) is 0.533. The SMILES string of the molecule is COCCCN(C(=O)c1cccc(F)c1)C1CCS(=O)(=O)C1. The van der Waals surface area contributed by atoms with Crippen LogP contribution in [0, 0.1) is 5.82 Å². The summed E-state index contributed by atoms with van der Waals surface area (Å²) in [6.45, 7) is 0.871. The van der Waals surface area contributed by atoms with Gasteiger partial charge in [0.25, 0.3) is 5.91 Å². The van der Waals surface area contributed by atoms with Crippen LogP contribution in [0.25, 0.3) is 0 Å². The van der Waals surface area contributed by atoms with Gasteiger partial charge in [-0.15, -0.1) is 0 Å². The van der Waals surface area contributed by atoms with Crippen molar-refractivity contribution >= 4 is 15.7 Å². The maximum absolute atomic E-state index is 13.3. The largest absolute Gasteiger partial charge is 0.385 e. The highest BCUT2D eigenvalue weighted by atomic mass is 32.2. The summed E-state index contributed by atoms with van der Waals surface area (Å²) in [7, 11) is -1.53. The maximum atomic E-state index is 13.3. The van der Waals surface area contributed by atoms with Gasteiger partial charge in [0.05, 0.1) is 11.5 Å². The van der Waals surface area contributed by atoms with E-state index in [1.807, 2.05) is 0 Å². The van der Waals surface area contributed by atoms with Crippen LogP contribution in [0.3, 0.4) is 0 Å². The number of amides is 1. The summed E-state index contributed by atoms with van der Waals surface area (Å²) in [6.07, 6.45) is 1.03. The van der Waals surface area contributed by atoms with Crippen LogP contribution in [-0.2, 0) is 14.6 Å². The van der Waals surface area contributed by atoms with E-state index >= 15 is 0 Å². The van der Waals surface area contributed by atoms with E-state index in [2.05, 4.69) is 0 Å². The molecule has 1 atom stereocenters. The number of carbonyl (C=O) groups is 1. The van der Waals surface area contributed by atoms with Crippen molar-refractivity contribution in [2.75, 3.05) is 31.8 Å². The van der Waals surface area contributed by atoms with Crippen molar-refractivity contribution in [2.24, 2.45) is 0 Å². The Morgan fingerprint density at radius 3 is 2.82 bits per heavy atom. The first-order valence-electron chi connectivity index (χ1n) is 7.19. The van der Waals surface area contributed by atoms with E-state index in [0.29, 0.717) is 26.0 Å². The van der Waals surface area contributed by atoms with Crippen LogP contribution >= 0.6 is 0 Å². The number of carbonyl (C=O) groups excluding carboxylic acids is 1. The van der Waals surface area contributed by atoms with Gasteiger partial charge in [-0.1, -0.05) is 6.07 Å². The molecule has 5 nitrogen and oxygen atoms in total. The smallest absolute Gasteiger partial charge is 0.254 e. The zero-order chi connectivity index (χ0) is 16.2. The first-order valence-corrected chi connectivity index (χ1v) is 9.01. The standard InChI is InChI=1S/C15H20FNO4S/c1-21-8-3-7-17(14-6-9-22(19,20)11-14)15(18)12-4-2-5-13(16)10-12/h2,4-5,10,14H,3,6-9,11H2,1H3. The summed E-state index contributed by atoms with van der Waals surface area (Å²) >= 11 is 0. The molecule has 7 heteroatoms. The van der Waals surface area contributed by atoms with Gasteiger partial charge >= 0.3 is 0 Å². The van der Waals surface area contributed by atoms with Gasteiger partial charge in [0, 0.05) is 31.9 Å². The number of ether oxygens (including phenoxy) is 1. The molecule has 1 saturated heterocycles. The fourth-order valence-electron chi connectivity index (χ4n) is 2.64. The molecule has 1 aliphatic heterocycles. The molecule has 0 aromatic heterocycles. The average Bonchev–Trinajstić information content (AvgIpc) is 2.83. The van der Waals surface area contributed by atoms with E-state index in [-0.39, 0.29) is 29.0 Å². The van der Waals surface area contributed by atoms with Crippen molar-refractivity contribution < 1.29 is 22.3 Å². The molecule has 1 aliphatic rings. The Balaban J connectivity index is 2.18. The number of nitrogens with zero attached hydrogens (tertiary/aromatic N) is 1. The van der Waals surface area contributed by atoms with Crippen LogP contribution in [0.2, 0.25) is 0 Å². The van der Waals surface area contributed by atoms with E-state index in [4.69, 9.17) is 4.74 Å². The topological polar surface area (TPSA) is 63.7 Å². The second-order valence-electron chi connectivity index (χ2n) is 5.41. The number of benzene rings is 1. The van der Waals surface area contributed by atoms with E-state index in [1.54, 1.807) is 12.0 Å². The molecule has 22 heavy (non-hydrogen) atoms. The third-order valence-corrected chi connectivity index (χ3v) is 5.48. The van der Waals surface area contributed by atoms with Crippen molar-refractivity contribution in [3.05, 3.63) is 35.6 Å². The molecule has 0 bridgehead atoms. The minimum absolute atomic E-state index is 0.0267. The highest BCUT2D eigenvalue weighted by Gasteiger charge is 2.34. The lowest BCUT2D eigenvalue weighted by Gasteiger charge is -2.28. The summed E-state index contributed by atoms with van der Waals surface area (Å²) in [4.78, 5) is 14.2. The average molecular weight is 329 g/mol. The van der Waals surface area contributed by atoms with Gasteiger partial charge in [0.1, 0.15) is 5.82 Å². The molecule has 0 saturated carbocycles. The second kappa shape index (κ2) is 7.19. The molecule has 1 aromatic rings. The summed E-state index contributed by atoms with van der Waals surface area (Å²) in [5, 5.41) is 0. The van der Waals surface area contributed by atoms with Crippen molar-refractivity contribution in [1.29, 1.82) is 0 Å². The highest BCUT2D eigenvalue weighted by molar-refractivity contribution is 7.91. The Kier molecular flexibility index (Phi) is 5.52. The summed E-state index contributed by atoms with van der Waals surface area (Å²) < 4.78 is 41.6. The number of halogens is 1. The highest BCUT2D eigenvalue weighted by Crippen LogP contribution is 2.20. The minimum Gasteiger partial charge on any atom is -0.385 e. The molecule has 0 radical (unpaired) electrons. The van der Waals surface area contributed by atoms with Gasteiger partial charge in [-0.25, -0.2) is 12.8 Å². The first kappa shape index (κ1) is 16.9. The van der Waals surface area contributed by atoms with Crippen molar-refractivity contribution in [1.82, 2.24) is 4.90 Å². The number of rotatable bonds is 6. The zero-order valence-corrected chi connectivity index (χ0v) is 13.3. The number of sulfone groups is 1. The number of methoxy groups -OCH3 is 1. The van der Waals surface area contributed by atoms with Gasteiger partial charge in [0.2, 0.25) is 0 Å². The third-order valence-electron chi connectivity index (χ3n) is 3.73. The molecule has 1 heterocycles. The Morgan fingerprint density at radius 2 is 2.23 bits per heavy atom. The summed E-state index contributed by atoms with van der Waals surface area (Å²) in [5.74, 6) is -0.755. The van der Waals surface area contributed by atoms with Crippen LogP contribution in [-0.4, -0.2) is 57.0 Å². The molecular formula is C15H20FNO4S. The number of hydrogen-bond donors (Lipinski definition) is 0. The first-order chi connectivity index (χ1) is 10.4. The normalized spacial score (nSPS) is 20.0. The molecule has 1 amide bonds. The molecule has 0 N–H and O–H groups in total. The summed E-state index contributed by atoms with van der Waals surface area (Å²) in [6, 6.07) is 5.11. The lowest BCUT2D eigenvalue weighted by molar-refractivity contribution is 0.0674. The van der Waals surface area contributed by atoms with Crippen LogP contribution < -0.4 is 0 Å². The zero-order valence-electron chi connectivity index (χ0n) is 12.5. The summed E-state index contributed by atoms with van der Waals surface area (Å²) in [5.41, 5.74) is 0.238. The second-order valence-corrected chi connectivity index (χ2v) is 7.64. The maximum Gasteiger partial charge on any atom is 0.254 e. The van der Waals surface area contributed by atoms with E-state index < -0.39 is 15.7 Å². The number of hydrogen-bond acceptors (Lipinski definition) is 4. The molecule has 1 aromatic carbocycles. The van der Waals surface area contributed by atoms with Gasteiger partial charge in [-0.3, -0.25) is 4.79 Å². The Morgan fingerprint density at radius 1 is 1.45 bits per heavy atom. The lowest BCUT2D eigenvalue weighted by Crippen LogP contribution is -2.42. The van der Waals surface area contributed by atoms with E-state index in [1.165, 1.54) is 24.3 Å². The minimum atomic E-state index is -3.09. The van der Waals surface area contributed by atoms with E-state index in [9.17, 15) is 17.6 Å². The Labute approximate surface area is 130 Å². The van der Waals surface area contributed by atoms with Gasteiger partial charge in [-0.05, 0) is 31.0 Å². The fourth-order valence-corrected chi connectivity index (χ4v) is 4.37. The van der Waals surface area contributed by atoms with Gasteiger partial charge in [0.15, 0.2) is 9.84 Å². The monoisotopic (exact) mass is 329 g/mol. The molecule has 1 fully saturated rings. The Bertz CT molecular complexity index is 632. The molecule has 1 unspecified atom stereocenters. The molecule has 122 valence electrons. The van der Waals surface area contributed by atoms with Crippen molar-refractivity contribution in [3.8, 4) is 0 Å². The van der Waals surface area contributed by atoms with Crippen LogP contribution in [0.5, 0.6) is 0 Å². The van der Waals surface area contributed by atoms with Gasteiger partial charge < -0.3 is 9.64 Å². The predicted molar refractivity (Wildman–Crippen MR) is 81.0 cm³/mol. The quantitative estimate of drug-likeness (QED) is 0.742. The molecule has 0 aliphatic carbocycles. The van der Waals surface area contributed by atoms with E-state index in [0.717, 1.165) is 0 Å². The molecule has 0 spiro atoms. The van der Waals surface area contributed by atoms with Crippen LogP contribution in [0.1, 0.15) is 23.2 Å². The molecule has 2 rings (SSSR count). The molecular weight excluding hydrogens is 309 g/mol. The van der Waals surface area contributed by atoms with Crippen molar-refractivity contribution in [3.63, 3.8) is 0 Å². The lowest BCUT2D eigenvalue weighted by atomic mass is 10.1. The van der Waals surface area contributed by atoms with Gasteiger partial charge in [-0.2, -0.15) is 0 Å². The van der Waals surface area contributed by atoms with Crippen molar-refractivity contribution in [2.45, 2.75) is 18.9 Å². The third kappa shape index (κ3) is 4.27. The van der Waals surface area contributed by atoms with Crippen LogP contribution in [0.15, 0.2) is 24.3 Å². The Hall–Kier alpha value is -1.47.